The maximum absolute atomic E-state index is 11.7. The van der Waals surface area contributed by atoms with E-state index in [1.54, 1.807) is 7.05 Å². The van der Waals surface area contributed by atoms with E-state index in [-0.39, 0.29) is 5.56 Å². The first-order valence-corrected chi connectivity index (χ1v) is 7.32. The van der Waals surface area contributed by atoms with Crippen LogP contribution in [0.4, 0.5) is 0 Å². The molecule has 1 rings (SSSR count). The standard InChI is InChI=1S/C13H20N2O3S/c1-4-6-7-10(12(17)18)19-13-14-9(5-2)8-11(16)15(13)3/h8,10H,4-7H2,1-3H3,(H,17,18)/p-1/t10-/m0/s1. The zero-order chi connectivity index (χ0) is 14.4. The van der Waals surface area contributed by atoms with Gasteiger partial charge in [-0.25, -0.2) is 4.98 Å². The Balaban J connectivity index is 2.98. The molecule has 0 saturated carbocycles. The Morgan fingerprint density at radius 1 is 1.53 bits per heavy atom. The van der Waals surface area contributed by atoms with Gasteiger partial charge in [-0.15, -0.1) is 0 Å². The molecule has 6 heteroatoms. The topological polar surface area (TPSA) is 75.0 Å². The Kier molecular flexibility index (Phi) is 6.08. The van der Waals surface area contributed by atoms with Gasteiger partial charge < -0.3 is 9.90 Å². The molecule has 0 aliphatic rings. The molecule has 106 valence electrons. The van der Waals surface area contributed by atoms with Crippen LogP contribution in [0.25, 0.3) is 0 Å². The van der Waals surface area contributed by atoms with Crippen LogP contribution in [0.1, 0.15) is 38.8 Å². The Morgan fingerprint density at radius 3 is 2.74 bits per heavy atom. The van der Waals surface area contributed by atoms with Gasteiger partial charge in [0, 0.05) is 18.8 Å². The highest BCUT2D eigenvalue weighted by molar-refractivity contribution is 8.00. The number of unbranched alkanes of at least 4 members (excludes halogenated alkanes) is 1. The summed E-state index contributed by atoms with van der Waals surface area (Å²) in [7, 11) is 1.60. The maximum Gasteiger partial charge on any atom is 0.254 e. The van der Waals surface area contributed by atoms with Gasteiger partial charge in [-0.2, -0.15) is 0 Å². The highest BCUT2D eigenvalue weighted by Crippen LogP contribution is 2.24. The maximum atomic E-state index is 11.7. The smallest absolute Gasteiger partial charge is 0.254 e. The minimum absolute atomic E-state index is 0.165. The lowest BCUT2D eigenvalue weighted by atomic mass is 10.2. The van der Waals surface area contributed by atoms with Crippen LogP contribution < -0.4 is 10.7 Å². The molecule has 0 radical (unpaired) electrons. The largest absolute Gasteiger partial charge is 0.549 e. The third-order valence-corrected chi connectivity index (χ3v) is 4.13. The Hall–Kier alpha value is -1.30. The first-order valence-electron chi connectivity index (χ1n) is 6.44. The molecule has 0 bridgehead atoms. The molecule has 1 atom stereocenters. The third-order valence-electron chi connectivity index (χ3n) is 2.84. The minimum Gasteiger partial charge on any atom is -0.549 e. The molecule has 19 heavy (non-hydrogen) atoms. The summed E-state index contributed by atoms with van der Waals surface area (Å²) in [6.07, 6.45) is 2.91. The lowest BCUT2D eigenvalue weighted by Crippen LogP contribution is -2.34. The van der Waals surface area contributed by atoms with Crippen molar-refractivity contribution in [3.8, 4) is 0 Å². The first-order chi connectivity index (χ1) is 8.99. The van der Waals surface area contributed by atoms with Crippen molar-refractivity contribution in [2.45, 2.75) is 49.9 Å². The van der Waals surface area contributed by atoms with E-state index >= 15 is 0 Å². The fraction of sp³-hybridized carbons (Fsp3) is 0.615. The average molecular weight is 283 g/mol. The van der Waals surface area contributed by atoms with Crippen LogP contribution in [0.3, 0.4) is 0 Å². The number of carbonyl (C=O) groups is 1. The van der Waals surface area contributed by atoms with Gasteiger partial charge in [0.25, 0.3) is 5.56 Å². The van der Waals surface area contributed by atoms with Crippen LogP contribution in [0.15, 0.2) is 16.0 Å². The van der Waals surface area contributed by atoms with E-state index in [2.05, 4.69) is 4.98 Å². The van der Waals surface area contributed by atoms with Crippen molar-refractivity contribution < 1.29 is 9.90 Å². The Bertz CT molecular complexity index is 499. The van der Waals surface area contributed by atoms with E-state index < -0.39 is 11.2 Å². The summed E-state index contributed by atoms with van der Waals surface area (Å²) in [6, 6.07) is 1.48. The molecule has 0 N–H and O–H groups in total. The van der Waals surface area contributed by atoms with Gasteiger partial charge >= 0.3 is 0 Å². The molecule has 1 aromatic heterocycles. The number of hydrogen-bond acceptors (Lipinski definition) is 5. The normalized spacial score (nSPS) is 12.4. The zero-order valence-corrected chi connectivity index (χ0v) is 12.3. The molecule has 1 aromatic rings. The van der Waals surface area contributed by atoms with E-state index in [4.69, 9.17) is 0 Å². The number of nitrogens with zero attached hydrogens (tertiary/aromatic N) is 2. The summed E-state index contributed by atoms with van der Waals surface area (Å²) in [4.78, 5) is 27.2. The predicted octanol–water partition coefficient (Wildman–Crippen LogP) is 0.743. The van der Waals surface area contributed by atoms with Crippen molar-refractivity contribution in [3.63, 3.8) is 0 Å². The van der Waals surface area contributed by atoms with Crippen LogP contribution >= 0.6 is 11.8 Å². The van der Waals surface area contributed by atoms with Gasteiger partial charge in [-0.1, -0.05) is 38.5 Å². The SMILES string of the molecule is CCCC[C@H](Sc1nc(CC)cc(=O)n1C)C(=O)[O-]. The number of aliphatic carboxylic acids is 1. The van der Waals surface area contributed by atoms with E-state index in [1.807, 2.05) is 13.8 Å². The van der Waals surface area contributed by atoms with Crippen LogP contribution in [-0.4, -0.2) is 20.8 Å². The quantitative estimate of drug-likeness (QED) is 0.545. The van der Waals surface area contributed by atoms with Gasteiger partial charge in [-0.05, 0) is 12.8 Å². The van der Waals surface area contributed by atoms with Crippen LogP contribution in [-0.2, 0) is 18.3 Å². The monoisotopic (exact) mass is 283 g/mol. The predicted molar refractivity (Wildman–Crippen MR) is 73.0 cm³/mol. The van der Waals surface area contributed by atoms with E-state index in [0.29, 0.717) is 23.7 Å². The van der Waals surface area contributed by atoms with Gasteiger partial charge in [0.2, 0.25) is 0 Å². The summed E-state index contributed by atoms with van der Waals surface area (Å²) in [5, 5.41) is 10.9. The van der Waals surface area contributed by atoms with Crippen molar-refractivity contribution in [2.75, 3.05) is 0 Å². The number of carboxylic acids is 1. The number of aromatic nitrogens is 2. The van der Waals surface area contributed by atoms with E-state index in [0.717, 1.165) is 24.6 Å². The number of carboxylic acid groups (broad SMARTS) is 1. The summed E-state index contributed by atoms with van der Waals surface area (Å²) < 4.78 is 1.38. The number of aryl methyl sites for hydroxylation is 1. The van der Waals surface area contributed by atoms with Crippen LogP contribution in [0.2, 0.25) is 0 Å². The summed E-state index contributed by atoms with van der Waals surface area (Å²) >= 11 is 1.10. The minimum atomic E-state index is -1.10. The van der Waals surface area contributed by atoms with Gasteiger partial charge in [0.05, 0.1) is 11.2 Å². The molecular weight excluding hydrogens is 264 g/mol. The Labute approximate surface area is 117 Å². The van der Waals surface area contributed by atoms with Crippen molar-refractivity contribution in [1.82, 2.24) is 9.55 Å². The fourth-order valence-electron chi connectivity index (χ4n) is 1.59. The molecule has 0 spiro atoms. The lowest BCUT2D eigenvalue weighted by molar-refractivity contribution is -0.304. The van der Waals surface area contributed by atoms with Gasteiger partial charge in [0.15, 0.2) is 5.16 Å². The number of hydrogen-bond donors (Lipinski definition) is 0. The van der Waals surface area contributed by atoms with Crippen molar-refractivity contribution in [2.24, 2.45) is 7.05 Å². The Morgan fingerprint density at radius 2 is 2.21 bits per heavy atom. The second-order valence-corrected chi connectivity index (χ2v) is 5.52. The fourth-order valence-corrected chi connectivity index (χ4v) is 2.65. The molecule has 0 unspecified atom stereocenters. The second-order valence-electron chi connectivity index (χ2n) is 4.35. The number of carbonyl (C=O) groups excluding carboxylic acids is 1. The number of rotatable bonds is 7. The summed E-state index contributed by atoms with van der Waals surface area (Å²) in [5.74, 6) is -1.10. The molecular formula is C13H19N2O3S-. The second kappa shape index (κ2) is 7.33. The molecule has 0 saturated heterocycles. The lowest BCUT2D eigenvalue weighted by Gasteiger charge is -2.18. The molecule has 0 amide bonds. The van der Waals surface area contributed by atoms with Crippen LogP contribution in [0, 0.1) is 0 Å². The highest BCUT2D eigenvalue weighted by atomic mass is 32.2. The first kappa shape index (κ1) is 15.8. The number of thioether (sulfide) groups is 1. The van der Waals surface area contributed by atoms with Crippen molar-refractivity contribution in [3.05, 3.63) is 22.1 Å². The summed E-state index contributed by atoms with van der Waals surface area (Å²) in [6.45, 7) is 3.91. The molecule has 0 aromatic carbocycles. The summed E-state index contributed by atoms with van der Waals surface area (Å²) in [5.41, 5.74) is 0.514. The molecule has 0 aliphatic heterocycles. The average Bonchev–Trinajstić information content (AvgIpc) is 2.38. The van der Waals surface area contributed by atoms with Gasteiger partial charge in [-0.3, -0.25) is 9.36 Å². The van der Waals surface area contributed by atoms with Gasteiger partial charge in [0.1, 0.15) is 0 Å². The third kappa shape index (κ3) is 4.38. The zero-order valence-electron chi connectivity index (χ0n) is 11.5. The molecule has 5 nitrogen and oxygen atoms in total. The van der Waals surface area contributed by atoms with Crippen molar-refractivity contribution >= 4 is 17.7 Å². The van der Waals surface area contributed by atoms with Crippen LogP contribution in [0.5, 0.6) is 0 Å². The van der Waals surface area contributed by atoms with E-state index in [1.165, 1.54) is 10.6 Å². The highest BCUT2D eigenvalue weighted by Gasteiger charge is 2.15. The van der Waals surface area contributed by atoms with E-state index in [9.17, 15) is 14.7 Å². The molecule has 1 heterocycles. The van der Waals surface area contributed by atoms with Crippen molar-refractivity contribution in [1.29, 1.82) is 0 Å². The molecule has 0 fully saturated rings. The molecule has 0 aliphatic carbocycles.